The molecule has 1 heterocycles. The number of para-hydroxylation sites is 1. The monoisotopic (exact) mass is 290 g/mol. The lowest BCUT2D eigenvalue weighted by atomic mass is 9.98. The number of carboxylic acids is 1. The standard InChI is InChI=1S/C16H22N2O3/c1-11(2)7-8-17-16(21)18-10-12(9-15(19)20)13-5-3-4-6-14(13)18/h3-6,11-12H,7-10H2,1-2H3,(H,17,21)(H,19,20). The van der Waals surface area contributed by atoms with Gasteiger partial charge in [0.05, 0.1) is 6.42 Å². The Morgan fingerprint density at radius 2 is 2.10 bits per heavy atom. The fraction of sp³-hybridized carbons (Fsp3) is 0.500. The third kappa shape index (κ3) is 3.74. The van der Waals surface area contributed by atoms with Crippen LogP contribution in [0.1, 0.15) is 38.2 Å². The first-order chi connectivity index (χ1) is 9.99. The minimum Gasteiger partial charge on any atom is -0.481 e. The van der Waals surface area contributed by atoms with Gasteiger partial charge in [-0.05, 0) is 24.0 Å². The molecule has 2 amide bonds. The van der Waals surface area contributed by atoms with E-state index < -0.39 is 5.97 Å². The molecule has 1 aliphatic rings. The van der Waals surface area contributed by atoms with E-state index in [2.05, 4.69) is 19.2 Å². The Morgan fingerprint density at radius 3 is 2.76 bits per heavy atom. The number of hydrogen-bond donors (Lipinski definition) is 2. The van der Waals surface area contributed by atoms with Gasteiger partial charge in [-0.1, -0.05) is 32.0 Å². The molecule has 0 radical (unpaired) electrons. The molecule has 1 aromatic carbocycles. The van der Waals surface area contributed by atoms with Crippen molar-refractivity contribution in [2.75, 3.05) is 18.0 Å². The van der Waals surface area contributed by atoms with Gasteiger partial charge in [-0.2, -0.15) is 0 Å². The zero-order valence-corrected chi connectivity index (χ0v) is 12.5. The van der Waals surface area contributed by atoms with Crippen molar-refractivity contribution in [3.63, 3.8) is 0 Å². The number of nitrogens with one attached hydrogen (secondary N) is 1. The van der Waals surface area contributed by atoms with Gasteiger partial charge in [0.1, 0.15) is 0 Å². The molecule has 1 aliphatic heterocycles. The molecular weight excluding hydrogens is 268 g/mol. The summed E-state index contributed by atoms with van der Waals surface area (Å²) in [6.45, 7) is 5.29. The van der Waals surface area contributed by atoms with Crippen LogP contribution in [0.3, 0.4) is 0 Å². The summed E-state index contributed by atoms with van der Waals surface area (Å²) in [6.07, 6.45) is 0.979. The van der Waals surface area contributed by atoms with E-state index in [0.29, 0.717) is 19.0 Å². The van der Waals surface area contributed by atoms with Crippen molar-refractivity contribution in [3.05, 3.63) is 29.8 Å². The number of carbonyl (C=O) groups excluding carboxylic acids is 1. The fourth-order valence-corrected chi connectivity index (χ4v) is 2.64. The molecule has 0 fully saturated rings. The Bertz CT molecular complexity index is 528. The van der Waals surface area contributed by atoms with Crippen molar-refractivity contribution in [3.8, 4) is 0 Å². The summed E-state index contributed by atoms with van der Waals surface area (Å²) in [5.74, 6) is -0.428. The first-order valence-corrected chi connectivity index (χ1v) is 7.35. The molecule has 1 atom stereocenters. The zero-order valence-electron chi connectivity index (χ0n) is 12.5. The highest BCUT2D eigenvalue weighted by molar-refractivity contribution is 5.95. The number of benzene rings is 1. The lowest BCUT2D eigenvalue weighted by Gasteiger charge is -2.19. The van der Waals surface area contributed by atoms with E-state index in [1.54, 1.807) is 4.90 Å². The summed E-state index contributed by atoms with van der Waals surface area (Å²) in [7, 11) is 0. The van der Waals surface area contributed by atoms with Crippen molar-refractivity contribution in [2.24, 2.45) is 5.92 Å². The zero-order chi connectivity index (χ0) is 15.4. The first-order valence-electron chi connectivity index (χ1n) is 7.35. The number of carbonyl (C=O) groups is 2. The number of urea groups is 1. The van der Waals surface area contributed by atoms with E-state index in [4.69, 9.17) is 5.11 Å². The number of fused-ring (bicyclic) bond motifs is 1. The third-order valence-corrected chi connectivity index (χ3v) is 3.73. The predicted molar refractivity (Wildman–Crippen MR) is 81.6 cm³/mol. The second-order valence-electron chi connectivity index (χ2n) is 5.88. The van der Waals surface area contributed by atoms with Gasteiger partial charge in [0.15, 0.2) is 0 Å². The van der Waals surface area contributed by atoms with Gasteiger partial charge in [0.2, 0.25) is 0 Å². The van der Waals surface area contributed by atoms with Crippen LogP contribution in [0.5, 0.6) is 0 Å². The molecule has 21 heavy (non-hydrogen) atoms. The van der Waals surface area contributed by atoms with E-state index in [9.17, 15) is 9.59 Å². The normalized spacial score (nSPS) is 16.9. The van der Waals surface area contributed by atoms with Gasteiger partial charge >= 0.3 is 12.0 Å². The van der Waals surface area contributed by atoms with Crippen LogP contribution in [-0.4, -0.2) is 30.2 Å². The van der Waals surface area contributed by atoms with Gasteiger partial charge in [-0.25, -0.2) is 4.79 Å². The molecule has 2 rings (SSSR count). The molecule has 0 aliphatic carbocycles. The van der Waals surface area contributed by atoms with Crippen LogP contribution in [0.4, 0.5) is 10.5 Å². The average Bonchev–Trinajstić information content (AvgIpc) is 2.77. The SMILES string of the molecule is CC(C)CCNC(=O)N1CC(CC(=O)O)c2ccccc21. The minimum atomic E-state index is -0.836. The van der Waals surface area contributed by atoms with Crippen LogP contribution in [0.25, 0.3) is 0 Å². The first kappa shape index (κ1) is 15.4. The van der Waals surface area contributed by atoms with Gasteiger partial charge in [0.25, 0.3) is 0 Å². The second kappa shape index (κ2) is 6.61. The summed E-state index contributed by atoms with van der Waals surface area (Å²) >= 11 is 0. The quantitative estimate of drug-likeness (QED) is 0.876. The van der Waals surface area contributed by atoms with Crippen molar-refractivity contribution < 1.29 is 14.7 Å². The lowest BCUT2D eigenvalue weighted by Crippen LogP contribution is -2.40. The highest BCUT2D eigenvalue weighted by Crippen LogP contribution is 2.37. The number of rotatable bonds is 5. The number of aliphatic carboxylic acids is 1. The number of carboxylic acid groups (broad SMARTS) is 1. The van der Waals surface area contributed by atoms with Crippen molar-refractivity contribution >= 4 is 17.7 Å². The molecule has 0 aromatic heterocycles. The van der Waals surface area contributed by atoms with Crippen LogP contribution in [0, 0.1) is 5.92 Å². The van der Waals surface area contributed by atoms with Gasteiger partial charge in [-0.15, -0.1) is 0 Å². The van der Waals surface area contributed by atoms with Gasteiger partial charge in [0, 0.05) is 24.7 Å². The van der Waals surface area contributed by atoms with Crippen LogP contribution >= 0.6 is 0 Å². The lowest BCUT2D eigenvalue weighted by molar-refractivity contribution is -0.137. The summed E-state index contributed by atoms with van der Waals surface area (Å²) in [4.78, 5) is 24.9. The number of anilines is 1. The Hall–Kier alpha value is -2.04. The van der Waals surface area contributed by atoms with E-state index in [1.807, 2.05) is 24.3 Å². The molecule has 1 unspecified atom stereocenters. The van der Waals surface area contributed by atoms with Gasteiger partial charge < -0.3 is 10.4 Å². The van der Waals surface area contributed by atoms with E-state index in [1.165, 1.54) is 0 Å². The summed E-state index contributed by atoms with van der Waals surface area (Å²) in [5.41, 5.74) is 1.77. The highest BCUT2D eigenvalue weighted by atomic mass is 16.4. The maximum Gasteiger partial charge on any atom is 0.321 e. The second-order valence-corrected chi connectivity index (χ2v) is 5.88. The Balaban J connectivity index is 2.07. The van der Waals surface area contributed by atoms with Crippen LogP contribution in [0.15, 0.2) is 24.3 Å². The predicted octanol–water partition coefficient (Wildman–Crippen LogP) is 2.82. The number of nitrogens with zero attached hydrogens (tertiary/aromatic N) is 1. The van der Waals surface area contributed by atoms with Crippen molar-refractivity contribution in [2.45, 2.75) is 32.6 Å². The molecule has 114 valence electrons. The largest absolute Gasteiger partial charge is 0.481 e. The van der Waals surface area contributed by atoms with Gasteiger partial charge in [-0.3, -0.25) is 9.69 Å². The van der Waals surface area contributed by atoms with Crippen LogP contribution < -0.4 is 10.2 Å². The van der Waals surface area contributed by atoms with E-state index >= 15 is 0 Å². The Morgan fingerprint density at radius 1 is 1.38 bits per heavy atom. The maximum atomic E-state index is 12.3. The fourth-order valence-electron chi connectivity index (χ4n) is 2.64. The smallest absolute Gasteiger partial charge is 0.321 e. The third-order valence-electron chi connectivity index (χ3n) is 3.73. The molecule has 1 aromatic rings. The molecular formula is C16H22N2O3. The topological polar surface area (TPSA) is 69.6 Å². The van der Waals surface area contributed by atoms with E-state index in [-0.39, 0.29) is 18.4 Å². The molecule has 5 nitrogen and oxygen atoms in total. The molecule has 2 N–H and O–H groups in total. The maximum absolute atomic E-state index is 12.3. The Kier molecular flexibility index (Phi) is 4.83. The van der Waals surface area contributed by atoms with Crippen LogP contribution in [0.2, 0.25) is 0 Å². The molecule has 0 saturated carbocycles. The summed E-state index contributed by atoms with van der Waals surface area (Å²) in [6, 6.07) is 7.39. The molecule has 0 bridgehead atoms. The summed E-state index contributed by atoms with van der Waals surface area (Å²) in [5, 5.41) is 11.9. The Labute approximate surface area is 125 Å². The number of amides is 2. The van der Waals surface area contributed by atoms with E-state index in [0.717, 1.165) is 17.7 Å². The summed E-state index contributed by atoms with van der Waals surface area (Å²) < 4.78 is 0. The molecule has 0 saturated heterocycles. The van der Waals surface area contributed by atoms with Crippen molar-refractivity contribution in [1.82, 2.24) is 5.32 Å². The molecule has 5 heteroatoms. The minimum absolute atomic E-state index is 0.0484. The average molecular weight is 290 g/mol. The van der Waals surface area contributed by atoms with Crippen molar-refractivity contribution in [1.29, 1.82) is 0 Å². The van der Waals surface area contributed by atoms with Crippen LogP contribution in [-0.2, 0) is 4.79 Å². The number of hydrogen-bond acceptors (Lipinski definition) is 2. The highest BCUT2D eigenvalue weighted by Gasteiger charge is 2.33. The molecule has 0 spiro atoms.